The molecule has 74 valence electrons. The number of amides is 1. The number of ether oxygens (including phenoxy) is 1. The van der Waals surface area contributed by atoms with Crippen LogP contribution in [0.25, 0.3) is 0 Å². The maximum atomic E-state index is 11.1. The maximum absolute atomic E-state index is 11.1. The number of likely N-dealkylation sites (N-methyl/N-ethyl adjacent to an activating group) is 1. The lowest BCUT2D eigenvalue weighted by atomic mass is 10.3. The van der Waals surface area contributed by atoms with E-state index >= 15 is 0 Å². The Balaban J connectivity index is 2.29. The zero-order chi connectivity index (χ0) is 9.68. The van der Waals surface area contributed by atoms with Gasteiger partial charge in [0.05, 0.1) is 12.7 Å². The molecule has 1 aliphatic heterocycles. The van der Waals surface area contributed by atoms with E-state index in [-0.39, 0.29) is 12.0 Å². The largest absolute Gasteiger partial charge is 0.374 e. The third-order valence-electron chi connectivity index (χ3n) is 2.03. The van der Waals surface area contributed by atoms with Gasteiger partial charge in [0, 0.05) is 26.7 Å². The van der Waals surface area contributed by atoms with Crippen molar-refractivity contribution < 1.29 is 9.53 Å². The zero-order valence-electron chi connectivity index (χ0n) is 7.95. The lowest BCUT2D eigenvalue weighted by Gasteiger charge is -2.27. The summed E-state index contributed by atoms with van der Waals surface area (Å²) in [6.07, 6.45) is 1.43. The van der Waals surface area contributed by atoms with Crippen LogP contribution in [0.15, 0.2) is 12.7 Å². The predicted molar refractivity (Wildman–Crippen MR) is 50.4 cm³/mol. The second kappa shape index (κ2) is 4.99. The minimum Gasteiger partial charge on any atom is -0.374 e. The highest BCUT2D eigenvalue weighted by Crippen LogP contribution is 1.98. The molecule has 4 nitrogen and oxygen atoms in total. The molecule has 4 heteroatoms. The Kier molecular flexibility index (Phi) is 3.92. The van der Waals surface area contributed by atoms with Crippen molar-refractivity contribution in [2.24, 2.45) is 0 Å². The fraction of sp³-hybridized carbons (Fsp3) is 0.667. The molecule has 1 amide bonds. The van der Waals surface area contributed by atoms with Crippen molar-refractivity contribution >= 4 is 5.91 Å². The van der Waals surface area contributed by atoms with Crippen molar-refractivity contribution in [1.82, 2.24) is 10.2 Å². The molecule has 13 heavy (non-hydrogen) atoms. The van der Waals surface area contributed by atoms with Crippen LogP contribution in [0.4, 0.5) is 0 Å². The van der Waals surface area contributed by atoms with E-state index in [1.807, 2.05) is 0 Å². The van der Waals surface area contributed by atoms with Gasteiger partial charge in [-0.25, -0.2) is 0 Å². The van der Waals surface area contributed by atoms with Gasteiger partial charge in [-0.3, -0.25) is 4.79 Å². The Hall–Kier alpha value is -0.870. The highest BCUT2D eigenvalue weighted by molar-refractivity contribution is 5.86. The maximum Gasteiger partial charge on any atom is 0.245 e. The summed E-state index contributed by atoms with van der Waals surface area (Å²) in [5, 5.41) is 3.21. The molecule has 0 radical (unpaired) electrons. The Bertz CT molecular complexity index is 188. The Morgan fingerprint density at radius 2 is 2.62 bits per heavy atom. The number of nitrogens with zero attached hydrogens (tertiary/aromatic N) is 1. The van der Waals surface area contributed by atoms with Gasteiger partial charge in [-0.05, 0) is 6.08 Å². The molecular weight excluding hydrogens is 168 g/mol. The van der Waals surface area contributed by atoms with Crippen LogP contribution >= 0.6 is 0 Å². The standard InChI is InChI=1S/C9H16N2O2/c1-3-9(12)11(2)7-8-6-10-4-5-13-8/h3,8,10H,1,4-7H2,2H3. The third kappa shape index (κ3) is 3.16. The van der Waals surface area contributed by atoms with Gasteiger partial charge >= 0.3 is 0 Å². The minimum atomic E-state index is -0.0610. The van der Waals surface area contributed by atoms with E-state index in [0.717, 1.165) is 19.7 Å². The van der Waals surface area contributed by atoms with Crippen LogP contribution in [0.5, 0.6) is 0 Å². The van der Waals surface area contributed by atoms with Gasteiger partial charge in [-0.15, -0.1) is 0 Å². The summed E-state index contributed by atoms with van der Waals surface area (Å²) in [4.78, 5) is 12.7. The van der Waals surface area contributed by atoms with Crippen molar-refractivity contribution in [3.8, 4) is 0 Å². The molecule has 1 saturated heterocycles. The smallest absolute Gasteiger partial charge is 0.245 e. The summed E-state index contributed by atoms with van der Waals surface area (Å²) >= 11 is 0. The molecular formula is C9H16N2O2. The SMILES string of the molecule is C=CC(=O)N(C)CC1CNCCO1. The first-order chi connectivity index (χ1) is 6.24. The van der Waals surface area contributed by atoms with Gasteiger partial charge in [-0.1, -0.05) is 6.58 Å². The van der Waals surface area contributed by atoms with Crippen LogP contribution in [-0.4, -0.2) is 50.2 Å². The first-order valence-electron chi connectivity index (χ1n) is 4.44. The number of carbonyl (C=O) groups is 1. The van der Waals surface area contributed by atoms with Crippen molar-refractivity contribution in [1.29, 1.82) is 0 Å². The Labute approximate surface area is 78.5 Å². The molecule has 1 heterocycles. The highest BCUT2D eigenvalue weighted by Gasteiger charge is 2.16. The average molecular weight is 184 g/mol. The average Bonchev–Trinajstić information content (AvgIpc) is 2.18. The quantitative estimate of drug-likeness (QED) is 0.608. The van der Waals surface area contributed by atoms with E-state index in [0.29, 0.717) is 6.54 Å². The van der Waals surface area contributed by atoms with Crippen molar-refractivity contribution in [2.75, 3.05) is 33.3 Å². The molecule has 1 fully saturated rings. The van der Waals surface area contributed by atoms with Gasteiger partial charge in [-0.2, -0.15) is 0 Å². The molecule has 1 atom stereocenters. The van der Waals surface area contributed by atoms with Crippen LogP contribution in [0.3, 0.4) is 0 Å². The van der Waals surface area contributed by atoms with Gasteiger partial charge < -0.3 is 15.0 Å². The van der Waals surface area contributed by atoms with E-state index in [2.05, 4.69) is 11.9 Å². The summed E-state index contributed by atoms with van der Waals surface area (Å²) in [5.74, 6) is -0.0610. The molecule has 0 saturated carbocycles. The van der Waals surface area contributed by atoms with Crippen molar-refractivity contribution in [3.05, 3.63) is 12.7 Å². The second-order valence-electron chi connectivity index (χ2n) is 3.12. The van der Waals surface area contributed by atoms with E-state index in [9.17, 15) is 4.79 Å². The number of morpholine rings is 1. The van der Waals surface area contributed by atoms with E-state index in [1.165, 1.54) is 6.08 Å². The monoisotopic (exact) mass is 184 g/mol. The van der Waals surface area contributed by atoms with E-state index in [1.54, 1.807) is 11.9 Å². The molecule has 1 rings (SSSR count). The zero-order valence-corrected chi connectivity index (χ0v) is 7.95. The minimum absolute atomic E-state index is 0.0610. The summed E-state index contributed by atoms with van der Waals surface area (Å²) in [6, 6.07) is 0. The molecule has 1 N–H and O–H groups in total. The highest BCUT2D eigenvalue weighted by atomic mass is 16.5. The summed E-state index contributed by atoms with van der Waals surface area (Å²) in [6.45, 7) is 6.49. The van der Waals surface area contributed by atoms with Crippen LogP contribution in [0, 0.1) is 0 Å². The Morgan fingerprint density at radius 3 is 3.15 bits per heavy atom. The fourth-order valence-corrected chi connectivity index (χ4v) is 1.29. The topological polar surface area (TPSA) is 41.6 Å². The van der Waals surface area contributed by atoms with Crippen LogP contribution in [0.2, 0.25) is 0 Å². The summed E-state index contributed by atoms with van der Waals surface area (Å²) < 4.78 is 5.45. The first-order valence-corrected chi connectivity index (χ1v) is 4.44. The van der Waals surface area contributed by atoms with E-state index < -0.39 is 0 Å². The normalized spacial score (nSPS) is 22.4. The first kappa shape index (κ1) is 10.2. The summed E-state index contributed by atoms with van der Waals surface area (Å²) in [5.41, 5.74) is 0. The molecule has 1 unspecified atom stereocenters. The lowest BCUT2D eigenvalue weighted by Crippen LogP contribution is -2.45. The van der Waals surface area contributed by atoms with Gasteiger partial charge in [0.25, 0.3) is 0 Å². The second-order valence-corrected chi connectivity index (χ2v) is 3.12. The number of rotatable bonds is 3. The molecule has 0 aromatic carbocycles. The number of hydrogen-bond acceptors (Lipinski definition) is 3. The number of nitrogens with one attached hydrogen (secondary N) is 1. The van der Waals surface area contributed by atoms with Crippen molar-refractivity contribution in [3.63, 3.8) is 0 Å². The van der Waals surface area contributed by atoms with Crippen LogP contribution < -0.4 is 5.32 Å². The van der Waals surface area contributed by atoms with Gasteiger partial charge in [0.1, 0.15) is 0 Å². The Morgan fingerprint density at radius 1 is 1.85 bits per heavy atom. The summed E-state index contributed by atoms with van der Waals surface area (Å²) in [7, 11) is 1.75. The lowest BCUT2D eigenvalue weighted by molar-refractivity contribution is -0.126. The molecule has 0 aliphatic carbocycles. The van der Waals surface area contributed by atoms with E-state index in [4.69, 9.17) is 4.74 Å². The molecule has 0 aromatic rings. The van der Waals surface area contributed by atoms with Crippen molar-refractivity contribution in [2.45, 2.75) is 6.10 Å². The van der Waals surface area contributed by atoms with Gasteiger partial charge in [0.15, 0.2) is 0 Å². The fourth-order valence-electron chi connectivity index (χ4n) is 1.29. The molecule has 1 aliphatic rings. The number of carbonyl (C=O) groups excluding carboxylic acids is 1. The molecule has 0 spiro atoms. The molecule has 0 bridgehead atoms. The van der Waals surface area contributed by atoms with Crippen LogP contribution in [0.1, 0.15) is 0 Å². The van der Waals surface area contributed by atoms with Crippen LogP contribution in [-0.2, 0) is 9.53 Å². The van der Waals surface area contributed by atoms with Gasteiger partial charge in [0.2, 0.25) is 5.91 Å². The third-order valence-corrected chi connectivity index (χ3v) is 2.03. The number of hydrogen-bond donors (Lipinski definition) is 1. The predicted octanol–water partition coefficient (Wildman–Crippen LogP) is -0.381. The molecule has 0 aromatic heterocycles.